The van der Waals surface area contributed by atoms with Gasteiger partial charge in [0.05, 0.1) is 0 Å². The highest BCUT2D eigenvalue weighted by atomic mass is 16.5. The van der Waals surface area contributed by atoms with Gasteiger partial charge in [0.25, 0.3) is 5.91 Å². The number of hydrogen-bond donors (Lipinski definition) is 1. The fraction of sp³-hybridized carbons (Fsp3) is 0.562. The summed E-state index contributed by atoms with van der Waals surface area (Å²) in [4.78, 5) is 12.0. The van der Waals surface area contributed by atoms with Gasteiger partial charge in [-0.25, -0.2) is 0 Å². The summed E-state index contributed by atoms with van der Waals surface area (Å²) in [6.07, 6.45) is 4.20. The van der Waals surface area contributed by atoms with Crippen LogP contribution in [0.2, 0.25) is 0 Å². The maximum Gasteiger partial charge on any atom is 0.260 e. The van der Waals surface area contributed by atoms with E-state index in [1.807, 2.05) is 25.1 Å². The fourth-order valence-electron chi connectivity index (χ4n) is 2.43. The van der Waals surface area contributed by atoms with Crippen LogP contribution in [0.25, 0.3) is 0 Å². The number of carbonyl (C=O) groups is 1. The molecule has 104 valence electrons. The van der Waals surface area contributed by atoms with Crippen LogP contribution in [0.4, 0.5) is 0 Å². The largest absolute Gasteiger partial charge is 0.481 e. The average molecular weight is 261 g/mol. The third-order valence-corrected chi connectivity index (χ3v) is 3.86. The first kappa shape index (κ1) is 13.9. The summed E-state index contributed by atoms with van der Waals surface area (Å²) in [6.45, 7) is 5.92. The molecule has 0 radical (unpaired) electrons. The van der Waals surface area contributed by atoms with Crippen molar-refractivity contribution in [3.8, 4) is 5.75 Å². The van der Waals surface area contributed by atoms with Crippen molar-refractivity contribution in [3.63, 3.8) is 0 Å². The van der Waals surface area contributed by atoms with Crippen LogP contribution in [0, 0.1) is 13.8 Å². The molecule has 1 fully saturated rings. The van der Waals surface area contributed by atoms with Crippen molar-refractivity contribution in [2.24, 2.45) is 0 Å². The molecule has 1 aliphatic carbocycles. The molecule has 0 heterocycles. The molecule has 2 rings (SSSR count). The number of carbonyl (C=O) groups excluding carboxylic acids is 1. The van der Waals surface area contributed by atoms with Crippen LogP contribution in [0.5, 0.6) is 5.75 Å². The maximum absolute atomic E-state index is 12.0. The molecule has 1 saturated carbocycles. The summed E-state index contributed by atoms with van der Waals surface area (Å²) in [7, 11) is 0. The van der Waals surface area contributed by atoms with Gasteiger partial charge in [0.15, 0.2) is 6.10 Å². The number of ether oxygens (including phenoxy) is 1. The monoisotopic (exact) mass is 261 g/mol. The Morgan fingerprint density at radius 1 is 1.26 bits per heavy atom. The van der Waals surface area contributed by atoms with Crippen LogP contribution in [0.3, 0.4) is 0 Å². The van der Waals surface area contributed by atoms with E-state index in [-0.39, 0.29) is 5.91 Å². The number of aryl methyl sites for hydroxylation is 2. The molecule has 0 aliphatic heterocycles. The van der Waals surface area contributed by atoms with E-state index in [9.17, 15) is 4.79 Å². The van der Waals surface area contributed by atoms with Crippen molar-refractivity contribution in [2.45, 2.75) is 58.6 Å². The van der Waals surface area contributed by atoms with Crippen molar-refractivity contribution >= 4 is 5.91 Å². The molecule has 3 nitrogen and oxygen atoms in total. The number of amides is 1. The smallest absolute Gasteiger partial charge is 0.260 e. The normalized spacial score (nSPS) is 17.2. The van der Waals surface area contributed by atoms with Gasteiger partial charge in [-0.05, 0) is 56.9 Å². The SMILES string of the molecule is Cc1ccc(O[C@H](C)C(=O)NC2CCCC2)cc1C. The highest BCUT2D eigenvalue weighted by Gasteiger charge is 2.21. The topological polar surface area (TPSA) is 38.3 Å². The quantitative estimate of drug-likeness (QED) is 0.904. The van der Waals surface area contributed by atoms with Crippen molar-refractivity contribution in [1.29, 1.82) is 0 Å². The van der Waals surface area contributed by atoms with E-state index in [2.05, 4.69) is 12.2 Å². The maximum atomic E-state index is 12.0. The molecule has 1 aromatic carbocycles. The van der Waals surface area contributed by atoms with Gasteiger partial charge < -0.3 is 10.1 Å². The molecule has 1 atom stereocenters. The molecule has 1 N–H and O–H groups in total. The van der Waals surface area contributed by atoms with Gasteiger partial charge in [-0.15, -0.1) is 0 Å². The lowest BCUT2D eigenvalue weighted by Crippen LogP contribution is -2.41. The van der Waals surface area contributed by atoms with Crippen LogP contribution in [0.15, 0.2) is 18.2 Å². The first-order chi connectivity index (χ1) is 9.06. The van der Waals surface area contributed by atoms with E-state index in [4.69, 9.17) is 4.74 Å². The van der Waals surface area contributed by atoms with Crippen molar-refractivity contribution in [3.05, 3.63) is 29.3 Å². The van der Waals surface area contributed by atoms with Gasteiger partial charge in [0.2, 0.25) is 0 Å². The standard InChI is InChI=1S/C16H23NO2/c1-11-8-9-15(10-12(11)2)19-13(3)16(18)17-14-6-4-5-7-14/h8-10,13-14H,4-7H2,1-3H3,(H,17,18)/t13-/m1/s1. The molecule has 1 amide bonds. The fourth-order valence-corrected chi connectivity index (χ4v) is 2.43. The summed E-state index contributed by atoms with van der Waals surface area (Å²) in [5.74, 6) is 0.752. The first-order valence-corrected chi connectivity index (χ1v) is 7.10. The number of rotatable bonds is 4. The molecule has 1 aliphatic rings. The zero-order valence-electron chi connectivity index (χ0n) is 12.0. The predicted molar refractivity (Wildman–Crippen MR) is 76.4 cm³/mol. The van der Waals surface area contributed by atoms with Gasteiger partial charge in [0.1, 0.15) is 5.75 Å². The summed E-state index contributed by atoms with van der Waals surface area (Å²) >= 11 is 0. The van der Waals surface area contributed by atoms with Crippen LogP contribution in [-0.4, -0.2) is 18.1 Å². The summed E-state index contributed by atoms with van der Waals surface area (Å²) in [5.41, 5.74) is 2.41. The summed E-state index contributed by atoms with van der Waals surface area (Å²) in [6, 6.07) is 6.26. The van der Waals surface area contributed by atoms with Gasteiger partial charge in [0, 0.05) is 6.04 Å². The van der Waals surface area contributed by atoms with E-state index in [1.165, 1.54) is 24.0 Å². The molecule has 0 aromatic heterocycles. The Morgan fingerprint density at radius 2 is 1.95 bits per heavy atom. The minimum absolute atomic E-state index is 0.00914. The Kier molecular flexibility index (Phi) is 4.46. The lowest BCUT2D eigenvalue weighted by atomic mass is 10.1. The van der Waals surface area contributed by atoms with Crippen LogP contribution >= 0.6 is 0 Å². The van der Waals surface area contributed by atoms with Crippen molar-refractivity contribution < 1.29 is 9.53 Å². The van der Waals surface area contributed by atoms with Crippen LogP contribution < -0.4 is 10.1 Å². The number of hydrogen-bond acceptors (Lipinski definition) is 2. The Bertz CT molecular complexity index is 450. The predicted octanol–water partition coefficient (Wildman–Crippen LogP) is 3.13. The van der Waals surface area contributed by atoms with Gasteiger partial charge in [-0.3, -0.25) is 4.79 Å². The van der Waals surface area contributed by atoms with E-state index in [0.717, 1.165) is 18.6 Å². The van der Waals surface area contributed by atoms with E-state index >= 15 is 0 Å². The highest BCUT2D eigenvalue weighted by Crippen LogP contribution is 2.19. The molecule has 0 spiro atoms. The lowest BCUT2D eigenvalue weighted by Gasteiger charge is -2.18. The summed E-state index contributed by atoms with van der Waals surface area (Å²) in [5, 5.41) is 3.06. The summed E-state index contributed by atoms with van der Waals surface area (Å²) < 4.78 is 5.71. The van der Waals surface area contributed by atoms with Crippen LogP contribution in [-0.2, 0) is 4.79 Å². The Morgan fingerprint density at radius 3 is 2.58 bits per heavy atom. The second-order valence-corrected chi connectivity index (χ2v) is 5.50. The minimum Gasteiger partial charge on any atom is -0.481 e. The molecular weight excluding hydrogens is 238 g/mol. The molecule has 19 heavy (non-hydrogen) atoms. The Balaban J connectivity index is 1.90. The molecule has 0 saturated heterocycles. The highest BCUT2D eigenvalue weighted by molar-refractivity contribution is 5.81. The van der Waals surface area contributed by atoms with Gasteiger partial charge >= 0.3 is 0 Å². The first-order valence-electron chi connectivity index (χ1n) is 7.10. The third-order valence-electron chi connectivity index (χ3n) is 3.86. The van der Waals surface area contributed by atoms with Crippen LogP contribution in [0.1, 0.15) is 43.7 Å². The number of nitrogens with one attached hydrogen (secondary N) is 1. The van der Waals surface area contributed by atoms with E-state index < -0.39 is 6.10 Å². The molecular formula is C16H23NO2. The molecule has 0 unspecified atom stereocenters. The molecule has 0 bridgehead atoms. The van der Waals surface area contributed by atoms with E-state index in [0.29, 0.717) is 6.04 Å². The Labute approximate surface area is 115 Å². The second kappa shape index (κ2) is 6.09. The Hall–Kier alpha value is -1.51. The van der Waals surface area contributed by atoms with Gasteiger partial charge in [-0.2, -0.15) is 0 Å². The van der Waals surface area contributed by atoms with E-state index in [1.54, 1.807) is 6.92 Å². The second-order valence-electron chi connectivity index (χ2n) is 5.50. The van der Waals surface area contributed by atoms with Gasteiger partial charge in [-0.1, -0.05) is 18.9 Å². The molecule has 1 aromatic rings. The van der Waals surface area contributed by atoms with Crippen molar-refractivity contribution in [1.82, 2.24) is 5.32 Å². The number of benzene rings is 1. The zero-order valence-corrected chi connectivity index (χ0v) is 12.0. The minimum atomic E-state index is -0.442. The lowest BCUT2D eigenvalue weighted by molar-refractivity contribution is -0.127. The zero-order chi connectivity index (χ0) is 13.8. The molecule has 3 heteroatoms. The van der Waals surface area contributed by atoms with Crippen molar-refractivity contribution in [2.75, 3.05) is 0 Å². The average Bonchev–Trinajstić information content (AvgIpc) is 2.86. The third kappa shape index (κ3) is 3.72.